The molecule has 1 fully saturated rings. The van der Waals surface area contributed by atoms with E-state index < -0.39 is 0 Å². The van der Waals surface area contributed by atoms with Gasteiger partial charge in [-0.3, -0.25) is 4.79 Å². The number of carbonyl (C=O) groups excluding carboxylic acids is 1. The fourth-order valence-electron chi connectivity index (χ4n) is 5.17. The predicted octanol–water partition coefficient (Wildman–Crippen LogP) is 0.0889. The van der Waals surface area contributed by atoms with Crippen molar-refractivity contribution in [1.29, 1.82) is 0 Å². The first kappa shape index (κ1) is 19.4. The summed E-state index contributed by atoms with van der Waals surface area (Å²) in [5.41, 5.74) is 4.43. The van der Waals surface area contributed by atoms with Crippen LogP contribution in [0, 0.1) is 11.7 Å². The topological polar surface area (TPSA) is 41.6 Å². The summed E-state index contributed by atoms with van der Waals surface area (Å²) in [6, 6.07) is 14.8. The second-order valence-electron chi connectivity index (χ2n) is 8.91. The fourth-order valence-corrected chi connectivity index (χ4v) is 5.17. The number of piperazine rings is 1. The molecule has 6 heteroatoms. The van der Waals surface area contributed by atoms with Crippen molar-refractivity contribution in [3.05, 3.63) is 71.0 Å². The first-order chi connectivity index (χ1) is 14.6. The number of rotatable bonds is 3. The van der Waals surface area contributed by atoms with Crippen LogP contribution in [0.25, 0.3) is 0 Å². The van der Waals surface area contributed by atoms with Crippen molar-refractivity contribution in [3.63, 3.8) is 0 Å². The Bertz CT molecular complexity index is 965. The van der Waals surface area contributed by atoms with E-state index in [-0.39, 0.29) is 23.7 Å². The number of halogens is 1. The van der Waals surface area contributed by atoms with Crippen LogP contribution in [0.1, 0.15) is 29.2 Å². The molecule has 0 radical (unpaired) electrons. The first-order valence-corrected chi connectivity index (χ1v) is 11.0. The summed E-state index contributed by atoms with van der Waals surface area (Å²) in [5, 5.41) is 6.62. The second kappa shape index (κ2) is 7.93. The number of likely N-dealkylation sites (N-methyl/N-ethyl adjacent to an activating group) is 1. The molecule has 30 heavy (non-hydrogen) atoms. The van der Waals surface area contributed by atoms with Gasteiger partial charge in [0.05, 0.1) is 18.8 Å². The van der Waals surface area contributed by atoms with Gasteiger partial charge in [0.25, 0.3) is 5.91 Å². The highest BCUT2D eigenvalue weighted by Gasteiger charge is 2.44. The van der Waals surface area contributed by atoms with Gasteiger partial charge in [0, 0.05) is 11.5 Å². The molecular weight excluding hydrogens is 379 g/mol. The Hall–Kier alpha value is -2.57. The van der Waals surface area contributed by atoms with E-state index in [9.17, 15) is 9.18 Å². The Balaban J connectivity index is 1.47. The van der Waals surface area contributed by atoms with E-state index in [1.807, 2.05) is 18.2 Å². The predicted molar refractivity (Wildman–Crippen MR) is 113 cm³/mol. The van der Waals surface area contributed by atoms with E-state index in [0.717, 1.165) is 55.9 Å². The lowest BCUT2D eigenvalue weighted by Gasteiger charge is -2.31. The molecule has 1 amide bonds. The molecule has 0 spiro atoms. The molecule has 2 N–H and O–H groups in total. The van der Waals surface area contributed by atoms with Crippen LogP contribution in [0.3, 0.4) is 0 Å². The number of amides is 1. The second-order valence-corrected chi connectivity index (χ2v) is 8.91. The number of hydrogen-bond acceptors (Lipinski definition) is 2. The van der Waals surface area contributed by atoms with E-state index in [4.69, 9.17) is 5.10 Å². The normalized spacial score (nSPS) is 27.9. The highest BCUT2D eigenvalue weighted by Crippen LogP contribution is 2.43. The van der Waals surface area contributed by atoms with Gasteiger partial charge >= 0.3 is 0 Å². The van der Waals surface area contributed by atoms with Crippen LogP contribution >= 0.6 is 0 Å². The maximum absolute atomic E-state index is 13.6. The highest BCUT2D eigenvalue weighted by atomic mass is 19.1. The van der Waals surface area contributed by atoms with Crippen LogP contribution in [0.15, 0.2) is 53.6 Å². The minimum Gasteiger partial charge on any atom is -0.328 e. The number of fused-ring (bicyclic) bond motifs is 3. The average Bonchev–Trinajstić information content (AvgIpc) is 3.16. The first-order valence-electron chi connectivity index (χ1n) is 11.0. The SMILES string of the molecule is C[NH+]1CC[NH+](CC(=O)N2N=C3c4ccccc4CC[C@@H]3[C@H]2c2ccc(F)cc2)CC1. The number of aryl methyl sites for hydroxylation is 1. The van der Waals surface area contributed by atoms with Crippen LogP contribution in [-0.2, 0) is 11.2 Å². The summed E-state index contributed by atoms with van der Waals surface area (Å²) in [6.45, 7) is 4.67. The van der Waals surface area contributed by atoms with Crippen molar-refractivity contribution in [2.24, 2.45) is 11.0 Å². The van der Waals surface area contributed by atoms with Gasteiger partial charge in [-0.25, -0.2) is 9.40 Å². The lowest BCUT2D eigenvalue weighted by atomic mass is 9.77. The Labute approximate surface area is 176 Å². The molecule has 2 aromatic carbocycles. The quantitative estimate of drug-likeness (QED) is 0.743. The molecule has 0 unspecified atom stereocenters. The number of nitrogens with one attached hydrogen (secondary N) is 2. The molecule has 2 aliphatic heterocycles. The fraction of sp³-hybridized carbons (Fsp3) is 0.417. The molecule has 2 aromatic rings. The van der Waals surface area contributed by atoms with Crippen LogP contribution in [0.5, 0.6) is 0 Å². The summed E-state index contributed by atoms with van der Waals surface area (Å²) in [6.07, 6.45) is 1.93. The molecule has 3 aliphatic rings. The summed E-state index contributed by atoms with van der Waals surface area (Å²) in [4.78, 5) is 16.3. The Morgan fingerprint density at radius 1 is 1.10 bits per heavy atom. The molecule has 1 saturated heterocycles. The van der Waals surface area contributed by atoms with Crippen molar-refractivity contribution < 1.29 is 19.0 Å². The number of benzene rings is 2. The Morgan fingerprint density at radius 2 is 1.83 bits per heavy atom. The molecule has 0 bridgehead atoms. The lowest BCUT2D eigenvalue weighted by Crippen LogP contribution is -3.27. The van der Waals surface area contributed by atoms with Gasteiger partial charge in [-0.15, -0.1) is 0 Å². The molecular formula is C24H29FN4O+2. The number of hydrogen-bond donors (Lipinski definition) is 2. The van der Waals surface area contributed by atoms with Gasteiger partial charge in [-0.2, -0.15) is 5.10 Å². The third kappa shape index (κ3) is 3.55. The van der Waals surface area contributed by atoms with Gasteiger partial charge < -0.3 is 9.80 Å². The Morgan fingerprint density at radius 3 is 2.60 bits per heavy atom. The zero-order valence-corrected chi connectivity index (χ0v) is 17.4. The molecule has 156 valence electrons. The minimum absolute atomic E-state index is 0.0678. The van der Waals surface area contributed by atoms with Crippen molar-refractivity contribution in [2.45, 2.75) is 18.9 Å². The summed E-state index contributed by atoms with van der Waals surface area (Å²) in [5.74, 6) is -0.0337. The molecule has 5 nitrogen and oxygen atoms in total. The van der Waals surface area contributed by atoms with Crippen molar-refractivity contribution >= 4 is 11.6 Å². The smallest absolute Gasteiger partial charge is 0.298 e. The van der Waals surface area contributed by atoms with Crippen LogP contribution in [-0.4, -0.2) is 56.4 Å². The maximum Gasteiger partial charge on any atom is 0.298 e. The van der Waals surface area contributed by atoms with Crippen molar-refractivity contribution in [3.8, 4) is 0 Å². The van der Waals surface area contributed by atoms with Gasteiger partial charge in [0.1, 0.15) is 32.0 Å². The van der Waals surface area contributed by atoms with Crippen LogP contribution in [0.4, 0.5) is 4.39 Å². The Kier molecular flexibility index (Phi) is 5.13. The average molecular weight is 409 g/mol. The largest absolute Gasteiger partial charge is 0.328 e. The zero-order valence-electron chi connectivity index (χ0n) is 17.4. The van der Waals surface area contributed by atoms with Gasteiger partial charge in [-0.05, 0) is 36.1 Å². The summed E-state index contributed by atoms with van der Waals surface area (Å²) >= 11 is 0. The summed E-state index contributed by atoms with van der Waals surface area (Å²) in [7, 11) is 2.21. The number of carbonyl (C=O) groups is 1. The van der Waals surface area contributed by atoms with E-state index in [0.29, 0.717) is 6.54 Å². The third-order valence-electron chi connectivity index (χ3n) is 6.91. The standard InChI is InChI=1S/C24H27FN4O/c1-27-12-14-28(15-13-27)16-22(30)29-24(18-6-9-19(25)10-7-18)21-11-8-17-4-2-3-5-20(17)23(21)26-29/h2-7,9-10,21,24H,8,11-16H2,1H3/p+2/t21-,24+/m0/s1. The van der Waals surface area contributed by atoms with Gasteiger partial charge in [0.15, 0.2) is 6.54 Å². The van der Waals surface area contributed by atoms with Crippen molar-refractivity contribution in [2.75, 3.05) is 39.8 Å². The van der Waals surface area contributed by atoms with Gasteiger partial charge in [0.2, 0.25) is 0 Å². The number of nitrogens with zero attached hydrogens (tertiary/aromatic N) is 2. The molecule has 0 saturated carbocycles. The lowest BCUT2D eigenvalue weighted by molar-refractivity contribution is -1.000. The monoisotopic (exact) mass is 408 g/mol. The van der Waals surface area contributed by atoms with Crippen LogP contribution < -0.4 is 9.80 Å². The van der Waals surface area contributed by atoms with E-state index >= 15 is 0 Å². The van der Waals surface area contributed by atoms with Crippen LogP contribution in [0.2, 0.25) is 0 Å². The number of quaternary nitrogens is 2. The zero-order chi connectivity index (χ0) is 20.7. The molecule has 1 aliphatic carbocycles. The van der Waals surface area contributed by atoms with Gasteiger partial charge in [-0.1, -0.05) is 36.4 Å². The minimum atomic E-state index is -0.255. The van der Waals surface area contributed by atoms with E-state index in [2.05, 4.69) is 25.2 Å². The molecule has 0 aromatic heterocycles. The molecule has 2 atom stereocenters. The highest BCUT2D eigenvalue weighted by molar-refractivity contribution is 6.06. The van der Waals surface area contributed by atoms with E-state index in [1.54, 1.807) is 5.01 Å². The maximum atomic E-state index is 13.6. The van der Waals surface area contributed by atoms with E-state index in [1.165, 1.54) is 27.5 Å². The number of hydrazone groups is 1. The molecule has 5 rings (SSSR count). The third-order valence-corrected chi connectivity index (χ3v) is 6.91. The molecule has 2 heterocycles. The van der Waals surface area contributed by atoms with Crippen molar-refractivity contribution in [1.82, 2.24) is 5.01 Å². The summed E-state index contributed by atoms with van der Waals surface area (Å²) < 4.78 is 13.6.